The second-order valence-corrected chi connectivity index (χ2v) is 5.36. The molecule has 1 aromatic heterocycles. The molecule has 78 valence electrons. The molecule has 0 unspecified atom stereocenters. The Labute approximate surface area is 94.6 Å². The molecule has 2 heteroatoms. The molecular formula is C13H15NS. The average Bonchev–Trinajstić information content (AvgIpc) is 2.50. The summed E-state index contributed by atoms with van der Waals surface area (Å²) in [7, 11) is 0. The van der Waals surface area contributed by atoms with Crippen LogP contribution in [0.1, 0.15) is 15.3 Å². The van der Waals surface area contributed by atoms with Crippen molar-refractivity contribution in [1.29, 1.82) is 0 Å². The first kappa shape index (κ1) is 10.2. The first-order chi connectivity index (χ1) is 7.08. The van der Waals surface area contributed by atoms with Crippen LogP contribution in [0.3, 0.4) is 0 Å². The second kappa shape index (κ2) is 3.70. The summed E-state index contributed by atoms with van der Waals surface area (Å²) in [5.74, 6) is 0. The van der Waals surface area contributed by atoms with Crippen molar-refractivity contribution < 1.29 is 0 Å². The van der Waals surface area contributed by atoms with Crippen LogP contribution in [0.5, 0.6) is 0 Å². The van der Waals surface area contributed by atoms with Crippen LogP contribution < -0.4 is 5.73 Å². The van der Waals surface area contributed by atoms with E-state index in [1.165, 1.54) is 26.4 Å². The highest BCUT2D eigenvalue weighted by molar-refractivity contribution is 7.12. The molecule has 0 saturated heterocycles. The third-order valence-corrected chi connectivity index (χ3v) is 3.56. The number of benzene rings is 1. The van der Waals surface area contributed by atoms with Gasteiger partial charge in [-0.05, 0) is 55.7 Å². The van der Waals surface area contributed by atoms with Crippen LogP contribution in [0, 0.1) is 20.8 Å². The molecule has 0 bridgehead atoms. The lowest BCUT2D eigenvalue weighted by Crippen LogP contribution is -1.88. The normalized spacial score (nSPS) is 10.6. The highest BCUT2D eigenvalue weighted by Crippen LogP contribution is 2.33. The molecule has 0 aliphatic rings. The molecule has 2 rings (SSSR count). The summed E-state index contributed by atoms with van der Waals surface area (Å²) >= 11 is 1.84. The minimum absolute atomic E-state index is 0.832. The molecule has 2 N–H and O–H groups in total. The molecule has 0 saturated carbocycles. The molecule has 0 spiro atoms. The smallest absolute Gasteiger partial charge is 0.0320 e. The van der Waals surface area contributed by atoms with Crippen molar-refractivity contribution in [2.45, 2.75) is 20.8 Å². The summed E-state index contributed by atoms with van der Waals surface area (Å²) in [5.41, 5.74) is 10.5. The van der Waals surface area contributed by atoms with Crippen LogP contribution in [0.4, 0.5) is 5.69 Å². The number of hydrogen-bond donors (Lipinski definition) is 1. The number of rotatable bonds is 1. The monoisotopic (exact) mass is 217 g/mol. The Kier molecular flexibility index (Phi) is 2.53. The van der Waals surface area contributed by atoms with Crippen LogP contribution in [-0.4, -0.2) is 0 Å². The van der Waals surface area contributed by atoms with E-state index in [-0.39, 0.29) is 0 Å². The number of aryl methyl sites for hydroxylation is 3. The van der Waals surface area contributed by atoms with Crippen molar-refractivity contribution in [3.8, 4) is 11.1 Å². The Morgan fingerprint density at radius 3 is 2.33 bits per heavy atom. The average molecular weight is 217 g/mol. The number of nitrogen functional groups attached to an aromatic ring is 1. The molecule has 0 amide bonds. The van der Waals surface area contributed by atoms with Gasteiger partial charge in [0.15, 0.2) is 0 Å². The van der Waals surface area contributed by atoms with Crippen LogP contribution in [0.2, 0.25) is 0 Å². The minimum Gasteiger partial charge on any atom is -0.399 e. The fraction of sp³-hybridized carbons (Fsp3) is 0.231. The third kappa shape index (κ3) is 1.90. The largest absolute Gasteiger partial charge is 0.399 e. The quantitative estimate of drug-likeness (QED) is 0.720. The van der Waals surface area contributed by atoms with E-state index in [9.17, 15) is 0 Å². The van der Waals surface area contributed by atoms with Crippen LogP contribution in [-0.2, 0) is 0 Å². The van der Waals surface area contributed by atoms with Gasteiger partial charge in [-0.3, -0.25) is 0 Å². The van der Waals surface area contributed by atoms with E-state index in [2.05, 4.69) is 39.0 Å². The summed E-state index contributed by atoms with van der Waals surface area (Å²) in [6.45, 7) is 6.43. The fourth-order valence-electron chi connectivity index (χ4n) is 1.83. The maximum Gasteiger partial charge on any atom is 0.0320 e. The maximum atomic E-state index is 5.83. The van der Waals surface area contributed by atoms with Gasteiger partial charge >= 0.3 is 0 Å². The molecule has 0 fully saturated rings. The molecule has 0 aliphatic carbocycles. The van der Waals surface area contributed by atoms with Crippen molar-refractivity contribution in [2.24, 2.45) is 0 Å². The molecule has 1 aromatic carbocycles. The molecule has 15 heavy (non-hydrogen) atoms. The van der Waals surface area contributed by atoms with Gasteiger partial charge in [-0.2, -0.15) is 0 Å². The van der Waals surface area contributed by atoms with Crippen molar-refractivity contribution in [3.05, 3.63) is 39.6 Å². The zero-order valence-electron chi connectivity index (χ0n) is 9.29. The van der Waals surface area contributed by atoms with Gasteiger partial charge in [0.25, 0.3) is 0 Å². The van der Waals surface area contributed by atoms with Gasteiger partial charge in [-0.15, -0.1) is 11.3 Å². The zero-order valence-corrected chi connectivity index (χ0v) is 10.1. The zero-order chi connectivity index (χ0) is 11.0. The van der Waals surface area contributed by atoms with Crippen LogP contribution in [0.15, 0.2) is 24.3 Å². The Morgan fingerprint density at radius 1 is 1.00 bits per heavy atom. The third-order valence-electron chi connectivity index (χ3n) is 2.59. The van der Waals surface area contributed by atoms with Crippen molar-refractivity contribution in [3.63, 3.8) is 0 Å². The number of thiophene rings is 1. The Balaban J connectivity index is 2.62. The standard InChI is InChI=1S/C13H15NS/c1-8-4-5-11(14)7-12(8)13-6-9(2)15-10(13)3/h4-7H,14H2,1-3H3. The number of nitrogens with two attached hydrogens (primary N) is 1. The van der Waals surface area contributed by atoms with Crippen molar-refractivity contribution in [2.75, 3.05) is 5.73 Å². The van der Waals surface area contributed by atoms with Gasteiger partial charge < -0.3 is 5.73 Å². The Bertz CT molecular complexity index is 497. The summed E-state index contributed by atoms with van der Waals surface area (Å²) in [6.07, 6.45) is 0. The predicted octanol–water partition coefficient (Wildman–Crippen LogP) is 3.92. The molecular weight excluding hydrogens is 202 g/mol. The van der Waals surface area contributed by atoms with E-state index in [4.69, 9.17) is 5.73 Å². The van der Waals surface area contributed by atoms with Gasteiger partial charge in [0, 0.05) is 15.4 Å². The van der Waals surface area contributed by atoms with Crippen LogP contribution in [0.25, 0.3) is 11.1 Å². The summed E-state index contributed by atoms with van der Waals surface area (Å²) in [6, 6.07) is 8.33. The predicted molar refractivity (Wildman–Crippen MR) is 68.4 cm³/mol. The lowest BCUT2D eigenvalue weighted by atomic mass is 10.0. The van der Waals surface area contributed by atoms with Crippen LogP contribution >= 0.6 is 11.3 Å². The maximum absolute atomic E-state index is 5.83. The second-order valence-electron chi connectivity index (χ2n) is 3.90. The van der Waals surface area contributed by atoms with Gasteiger partial charge in [-0.1, -0.05) is 6.07 Å². The Morgan fingerprint density at radius 2 is 1.73 bits per heavy atom. The van der Waals surface area contributed by atoms with Gasteiger partial charge in [0.2, 0.25) is 0 Å². The molecule has 1 nitrogen and oxygen atoms in total. The highest BCUT2D eigenvalue weighted by atomic mass is 32.1. The van der Waals surface area contributed by atoms with E-state index in [0.29, 0.717) is 0 Å². The lowest BCUT2D eigenvalue weighted by Gasteiger charge is -2.06. The summed E-state index contributed by atoms with van der Waals surface area (Å²) < 4.78 is 0. The van der Waals surface area contributed by atoms with Gasteiger partial charge in [-0.25, -0.2) is 0 Å². The van der Waals surface area contributed by atoms with E-state index < -0.39 is 0 Å². The van der Waals surface area contributed by atoms with Gasteiger partial charge in [0.05, 0.1) is 0 Å². The van der Waals surface area contributed by atoms with E-state index in [1.807, 2.05) is 17.4 Å². The van der Waals surface area contributed by atoms with Crippen molar-refractivity contribution in [1.82, 2.24) is 0 Å². The molecule has 0 aliphatic heterocycles. The van der Waals surface area contributed by atoms with E-state index >= 15 is 0 Å². The SMILES string of the molecule is Cc1cc(-c2cc(N)ccc2C)c(C)s1. The Hall–Kier alpha value is -1.28. The minimum atomic E-state index is 0.832. The van der Waals surface area contributed by atoms with E-state index in [0.717, 1.165) is 5.69 Å². The first-order valence-electron chi connectivity index (χ1n) is 5.01. The molecule has 0 atom stereocenters. The fourth-order valence-corrected chi connectivity index (χ4v) is 2.77. The summed E-state index contributed by atoms with van der Waals surface area (Å²) in [5, 5.41) is 0. The van der Waals surface area contributed by atoms with E-state index in [1.54, 1.807) is 0 Å². The first-order valence-corrected chi connectivity index (χ1v) is 5.83. The molecule has 1 heterocycles. The molecule has 2 aromatic rings. The number of anilines is 1. The highest BCUT2D eigenvalue weighted by Gasteiger charge is 2.08. The molecule has 0 radical (unpaired) electrons. The lowest BCUT2D eigenvalue weighted by molar-refractivity contribution is 1.45. The topological polar surface area (TPSA) is 26.0 Å². The van der Waals surface area contributed by atoms with Crippen molar-refractivity contribution >= 4 is 17.0 Å². The number of hydrogen-bond acceptors (Lipinski definition) is 2. The van der Waals surface area contributed by atoms with Gasteiger partial charge in [0.1, 0.15) is 0 Å². The summed E-state index contributed by atoms with van der Waals surface area (Å²) in [4.78, 5) is 2.71.